The third-order valence-electron chi connectivity index (χ3n) is 5.03. The van der Waals surface area contributed by atoms with Gasteiger partial charge in [0, 0.05) is 37.3 Å². The minimum absolute atomic E-state index is 0.0366. The molecule has 1 fully saturated rings. The summed E-state index contributed by atoms with van der Waals surface area (Å²) in [5, 5.41) is 3.97. The highest BCUT2D eigenvalue weighted by atomic mass is 16.5. The molecule has 3 aromatic heterocycles. The fourth-order valence-corrected chi connectivity index (χ4v) is 3.70. The fraction of sp³-hybridized carbons (Fsp3) is 0.421. The van der Waals surface area contributed by atoms with Gasteiger partial charge < -0.3 is 14.4 Å². The van der Waals surface area contributed by atoms with E-state index < -0.39 is 0 Å². The molecule has 6 nitrogen and oxygen atoms in total. The second-order valence-corrected chi connectivity index (χ2v) is 6.67. The van der Waals surface area contributed by atoms with Gasteiger partial charge in [-0.2, -0.15) is 0 Å². The molecule has 1 N–H and O–H groups in total. The number of piperidine rings is 1. The summed E-state index contributed by atoms with van der Waals surface area (Å²) in [5.74, 6) is 1.02. The largest absolute Gasteiger partial charge is 0.360 e. The zero-order valence-corrected chi connectivity index (χ0v) is 14.6. The average Bonchev–Trinajstić information content (AvgIpc) is 3.24. The van der Waals surface area contributed by atoms with Crippen LogP contribution in [0, 0.1) is 6.92 Å². The van der Waals surface area contributed by atoms with E-state index in [-0.39, 0.29) is 5.91 Å². The van der Waals surface area contributed by atoms with E-state index in [4.69, 9.17) is 4.52 Å². The summed E-state index contributed by atoms with van der Waals surface area (Å²) in [7, 11) is 0. The summed E-state index contributed by atoms with van der Waals surface area (Å²) < 4.78 is 5.30. The maximum absolute atomic E-state index is 13.0. The minimum atomic E-state index is 0.0366. The number of nitrogens with zero attached hydrogens (tertiary/aromatic N) is 3. The first-order valence-corrected chi connectivity index (χ1v) is 8.85. The van der Waals surface area contributed by atoms with Crippen LogP contribution in [0.1, 0.15) is 53.2 Å². The number of aromatic amines is 1. The van der Waals surface area contributed by atoms with Crippen LogP contribution in [0.25, 0.3) is 11.0 Å². The molecular formula is C19H22N4O2. The number of fused-ring (bicyclic) bond motifs is 1. The zero-order chi connectivity index (χ0) is 17.4. The molecule has 0 aromatic carbocycles. The highest BCUT2D eigenvalue weighted by Gasteiger charge is 2.30. The molecule has 0 aliphatic carbocycles. The molecule has 25 heavy (non-hydrogen) atoms. The normalized spacial score (nSPS) is 18.0. The molecule has 0 spiro atoms. The van der Waals surface area contributed by atoms with Gasteiger partial charge in [0.25, 0.3) is 5.91 Å². The van der Waals surface area contributed by atoms with Crippen molar-refractivity contribution in [2.75, 3.05) is 13.1 Å². The van der Waals surface area contributed by atoms with Crippen LogP contribution in [0.4, 0.5) is 0 Å². The predicted molar refractivity (Wildman–Crippen MR) is 94.6 cm³/mol. The Bertz CT molecular complexity index is 878. The summed E-state index contributed by atoms with van der Waals surface area (Å²) in [6.07, 6.45) is 4.54. The Morgan fingerprint density at radius 2 is 2.36 bits per heavy atom. The maximum atomic E-state index is 13.0. The highest BCUT2D eigenvalue weighted by Crippen LogP contribution is 2.30. The lowest BCUT2D eigenvalue weighted by atomic mass is 9.94. The molecule has 1 aliphatic rings. The minimum Gasteiger partial charge on any atom is -0.360 e. The average molecular weight is 338 g/mol. The van der Waals surface area contributed by atoms with Crippen molar-refractivity contribution in [2.24, 2.45) is 0 Å². The van der Waals surface area contributed by atoms with Crippen LogP contribution in [-0.2, 0) is 6.42 Å². The molecule has 3 aromatic rings. The number of H-pyrrole nitrogens is 1. The lowest BCUT2D eigenvalue weighted by Gasteiger charge is -2.32. The summed E-state index contributed by atoms with van der Waals surface area (Å²) in [6.45, 7) is 5.30. The first-order chi connectivity index (χ1) is 12.2. The van der Waals surface area contributed by atoms with Crippen LogP contribution < -0.4 is 0 Å². The summed E-state index contributed by atoms with van der Waals surface area (Å²) >= 11 is 0. The standard InChI is InChI=1S/C19H22N4O2/c1-3-17-18(12(2)22-25-17)19(24)23-9-5-6-13(11-23)15-10-16-14(21-15)7-4-8-20-16/h4,7-8,10,13,21H,3,5-6,9,11H2,1-2H3/t13-/m0/s1. The van der Waals surface area contributed by atoms with E-state index in [1.54, 1.807) is 6.20 Å². The monoisotopic (exact) mass is 338 g/mol. The summed E-state index contributed by atoms with van der Waals surface area (Å²) in [5.41, 5.74) is 4.50. The number of carbonyl (C=O) groups excluding carboxylic acids is 1. The highest BCUT2D eigenvalue weighted by molar-refractivity contribution is 5.96. The van der Waals surface area contributed by atoms with E-state index in [0.717, 1.165) is 36.1 Å². The van der Waals surface area contributed by atoms with Crippen LogP contribution in [0.3, 0.4) is 0 Å². The Balaban J connectivity index is 1.58. The van der Waals surface area contributed by atoms with Gasteiger partial charge in [-0.15, -0.1) is 0 Å². The third kappa shape index (κ3) is 2.81. The number of rotatable bonds is 3. The van der Waals surface area contributed by atoms with Crippen LogP contribution in [0.2, 0.25) is 0 Å². The van der Waals surface area contributed by atoms with E-state index in [2.05, 4.69) is 21.2 Å². The zero-order valence-electron chi connectivity index (χ0n) is 14.6. The molecule has 0 bridgehead atoms. The first-order valence-electron chi connectivity index (χ1n) is 8.85. The molecule has 4 heterocycles. The Labute approximate surface area is 146 Å². The number of aryl methyl sites for hydroxylation is 2. The van der Waals surface area contributed by atoms with Crippen molar-refractivity contribution in [2.45, 2.75) is 39.0 Å². The lowest BCUT2D eigenvalue weighted by Crippen LogP contribution is -2.39. The van der Waals surface area contributed by atoms with Gasteiger partial charge in [0.15, 0.2) is 0 Å². The van der Waals surface area contributed by atoms with Crippen molar-refractivity contribution in [3.05, 3.63) is 47.1 Å². The fourth-order valence-electron chi connectivity index (χ4n) is 3.70. The summed E-state index contributed by atoms with van der Waals surface area (Å²) in [4.78, 5) is 22.8. The quantitative estimate of drug-likeness (QED) is 0.794. The molecule has 1 aliphatic heterocycles. The number of nitrogens with one attached hydrogen (secondary N) is 1. The molecule has 6 heteroatoms. The van der Waals surface area contributed by atoms with Gasteiger partial charge >= 0.3 is 0 Å². The SMILES string of the molecule is CCc1onc(C)c1C(=O)N1CCC[C@H](c2cc3ncccc3[nH]2)C1. The number of hydrogen-bond acceptors (Lipinski definition) is 4. The third-order valence-corrected chi connectivity index (χ3v) is 5.03. The van der Waals surface area contributed by atoms with Crippen molar-refractivity contribution in [1.29, 1.82) is 0 Å². The smallest absolute Gasteiger partial charge is 0.259 e. The van der Waals surface area contributed by atoms with Gasteiger partial charge in [0.1, 0.15) is 11.3 Å². The second-order valence-electron chi connectivity index (χ2n) is 6.67. The Hall–Kier alpha value is -2.63. The first kappa shape index (κ1) is 15.9. The molecule has 1 saturated heterocycles. The van der Waals surface area contributed by atoms with Gasteiger partial charge in [0.05, 0.1) is 16.7 Å². The summed E-state index contributed by atoms with van der Waals surface area (Å²) in [6, 6.07) is 6.07. The van der Waals surface area contributed by atoms with Crippen LogP contribution >= 0.6 is 0 Å². The topological polar surface area (TPSA) is 75.0 Å². The Morgan fingerprint density at radius 3 is 3.16 bits per heavy atom. The molecule has 130 valence electrons. The van der Waals surface area contributed by atoms with Crippen molar-refractivity contribution >= 4 is 16.9 Å². The number of likely N-dealkylation sites (tertiary alicyclic amines) is 1. The van der Waals surface area contributed by atoms with Crippen LogP contribution in [-0.4, -0.2) is 39.0 Å². The molecule has 0 radical (unpaired) electrons. The van der Waals surface area contributed by atoms with Crippen molar-refractivity contribution in [3.8, 4) is 0 Å². The van der Waals surface area contributed by atoms with Crippen molar-refractivity contribution in [3.63, 3.8) is 0 Å². The van der Waals surface area contributed by atoms with E-state index in [9.17, 15) is 4.79 Å². The number of hydrogen-bond donors (Lipinski definition) is 1. The van der Waals surface area contributed by atoms with Crippen LogP contribution in [0.15, 0.2) is 28.9 Å². The lowest BCUT2D eigenvalue weighted by molar-refractivity contribution is 0.0703. The molecular weight excluding hydrogens is 316 g/mol. The number of carbonyl (C=O) groups is 1. The number of amides is 1. The van der Waals surface area contributed by atoms with Gasteiger partial charge in [-0.1, -0.05) is 12.1 Å². The van der Waals surface area contributed by atoms with Crippen molar-refractivity contribution in [1.82, 2.24) is 20.0 Å². The van der Waals surface area contributed by atoms with Gasteiger partial charge in [-0.05, 0) is 38.0 Å². The molecule has 1 atom stereocenters. The Morgan fingerprint density at radius 1 is 1.48 bits per heavy atom. The predicted octanol–water partition coefficient (Wildman–Crippen LogP) is 3.44. The van der Waals surface area contributed by atoms with Gasteiger partial charge in [-0.25, -0.2) is 0 Å². The van der Waals surface area contributed by atoms with E-state index in [1.807, 2.05) is 30.9 Å². The van der Waals surface area contributed by atoms with Gasteiger partial charge in [-0.3, -0.25) is 9.78 Å². The number of aromatic nitrogens is 3. The molecule has 1 amide bonds. The number of pyridine rings is 1. The Kier molecular flexibility index (Phi) is 4.03. The van der Waals surface area contributed by atoms with E-state index in [0.29, 0.717) is 35.9 Å². The van der Waals surface area contributed by atoms with Crippen molar-refractivity contribution < 1.29 is 9.32 Å². The van der Waals surface area contributed by atoms with Crippen LogP contribution in [0.5, 0.6) is 0 Å². The molecule has 0 unspecified atom stereocenters. The van der Waals surface area contributed by atoms with E-state index in [1.165, 1.54) is 0 Å². The molecule has 4 rings (SSSR count). The maximum Gasteiger partial charge on any atom is 0.259 e. The molecule has 0 saturated carbocycles. The van der Waals surface area contributed by atoms with Gasteiger partial charge in [0.2, 0.25) is 0 Å². The van der Waals surface area contributed by atoms with E-state index >= 15 is 0 Å². The second kappa shape index (κ2) is 6.35.